The van der Waals surface area contributed by atoms with Crippen molar-refractivity contribution >= 4 is 28.8 Å². The number of ketones is 1. The number of aryl methyl sites for hydroxylation is 1. The highest BCUT2D eigenvalue weighted by molar-refractivity contribution is 6.51. The average molecular weight is 499 g/mol. The van der Waals surface area contributed by atoms with E-state index in [-0.39, 0.29) is 16.7 Å². The van der Waals surface area contributed by atoms with E-state index in [0.29, 0.717) is 17.0 Å². The molecule has 6 nitrogen and oxygen atoms in total. The van der Waals surface area contributed by atoms with Crippen LogP contribution in [-0.2, 0) is 15.0 Å². The summed E-state index contributed by atoms with van der Waals surface area (Å²) in [7, 11) is 5.45. The Morgan fingerprint density at radius 2 is 1.57 bits per heavy atom. The van der Waals surface area contributed by atoms with E-state index in [0.717, 1.165) is 22.4 Å². The number of aliphatic hydroxyl groups is 1. The minimum atomic E-state index is -0.777. The monoisotopic (exact) mass is 498 g/mol. The fourth-order valence-electron chi connectivity index (χ4n) is 4.66. The summed E-state index contributed by atoms with van der Waals surface area (Å²) < 4.78 is 5.29. The van der Waals surface area contributed by atoms with E-state index in [1.165, 1.54) is 4.90 Å². The van der Waals surface area contributed by atoms with Crippen LogP contribution in [0.4, 0.5) is 11.4 Å². The van der Waals surface area contributed by atoms with Crippen LogP contribution in [0.25, 0.3) is 5.76 Å². The maximum absolute atomic E-state index is 13.5. The zero-order chi connectivity index (χ0) is 27.1. The molecule has 0 spiro atoms. The Bertz CT molecular complexity index is 1360. The summed E-state index contributed by atoms with van der Waals surface area (Å²) in [5.74, 6) is -0.940. The van der Waals surface area contributed by atoms with Gasteiger partial charge in [0.15, 0.2) is 0 Å². The molecule has 0 bridgehead atoms. The Balaban J connectivity index is 1.92. The largest absolute Gasteiger partial charge is 0.507 e. The van der Waals surface area contributed by atoms with Crippen molar-refractivity contribution in [3.8, 4) is 5.75 Å². The molecule has 1 heterocycles. The maximum Gasteiger partial charge on any atom is 0.300 e. The maximum atomic E-state index is 13.5. The summed E-state index contributed by atoms with van der Waals surface area (Å²) in [6.07, 6.45) is 0. The number of rotatable bonds is 5. The highest BCUT2D eigenvalue weighted by Gasteiger charge is 2.47. The lowest BCUT2D eigenvalue weighted by atomic mass is 9.85. The fraction of sp³-hybridized carbons (Fsp3) is 0.290. The summed E-state index contributed by atoms with van der Waals surface area (Å²) in [6.45, 7) is 8.23. The number of benzene rings is 3. The molecule has 1 atom stereocenters. The van der Waals surface area contributed by atoms with Gasteiger partial charge in [-0.3, -0.25) is 14.5 Å². The number of Topliss-reactive ketones (excluding diaryl/α,β-unsaturated/α-hetero) is 1. The number of aliphatic hydroxyl groups excluding tert-OH is 1. The molecule has 1 saturated heterocycles. The molecular formula is C31H34N2O4. The molecule has 1 fully saturated rings. The van der Waals surface area contributed by atoms with Gasteiger partial charge < -0.3 is 14.7 Å². The molecule has 1 aliphatic rings. The standard InChI is InChI=1S/C31H34N2O4/c1-19-18-24(37-7)16-17-25(19)28(34)26-27(20-8-10-21(11-9-20)31(2,3)4)33(30(36)29(26)35)23-14-12-22(13-15-23)32(5)6/h8-18,27,34H,1-7H3/b28-26-. The molecule has 1 unspecified atom stereocenters. The number of methoxy groups -OCH3 is 1. The van der Waals surface area contributed by atoms with E-state index in [1.807, 2.05) is 74.4 Å². The predicted octanol–water partition coefficient (Wildman–Crippen LogP) is 5.99. The van der Waals surface area contributed by atoms with E-state index < -0.39 is 17.7 Å². The Labute approximate surface area is 218 Å². The van der Waals surface area contributed by atoms with Crippen molar-refractivity contribution in [3.05, 3.63) is 94.6 Å². The van der Waals surface area contributed by atoms with Crippen molar-refractivity contribution in [2.45, 2.75) is 39.2 Å². The minimum absolute atomic E-state index is 0.0530. The number of amides is 1. The highest BCUT2D eigenvalue weighted by Crippen LogP contribution is 2.43. The van der Waals surface area contributed by atoms with E-state index in [9.17, 15) is 14.7 Å². The van der Waals surface area contributed by atoms with Crippen molar-refractivity contribution in [2.24, 2.45) is 0 Å². The lowest BCUT2D eigenvalue weighted by molar-refractivity contribution is -0.132. The Morgan fingerprint density at radius 3 is 2.08 bits per heavy atom. The van der Waals surface area contributed by atoms with Crippen LogP contribution in [0.3, 0.4) is 0 Å². The molecule has 0 saturated carbocycles. The first kappa shape index (κ1) is 26.0. The van der Waals surface area contributed by atoms with Crippen LogP contribution < -0.4 is 14.5 Å². The normalized spacial score (nSPS) is 17.3. The number of hydrogen-bond donors (Lipinski definition) is 1. The number of nitrogens with zero attached hydrogens (tertiary/aromatic N) is 2. The van der Waals surface area contributed by atoms with Crippen molar-refractivity contribution in [2.75, 3.05) is 31.0 Å². The van der Waals surface area contributed by atoms with Gasteiger partial charge in [0.1, 0.15) is 11.5 Å². The summed E-state index contributed by atoms with van der Waals surface area (Å²) in [4.78, 5) is 30.4. The molecule has 0 aliphatic carbocycles. The van der Waals surface area contributed by atoms with Crippen LogP contribution in [0.5, 0.6) is 5.75 Å². The number of carbonyl (C=O) groups excluding carboxylic acids is 2. The first-order valence-corrected chi connectivity index (χ1v) is 12.3. The van der Waals surface area contributed by atoms with Crippen LogP contribution in [-0.4, -0.2) is 38.0 Å². The van der Waals surface area contributed by atoms with Crippen molar-refractivity contribution in [3.63, 3.8) is 0 Å². The van der Waals surface area contributed by atoms with Gasteiger partial charge in [-0.05, 0) is 71.5 Å². The van der Waals surface area contributed by atoms with Gasteiger partial charge in [0.2, 0.25) is 0 Å². The average Bonchev–Trinajstić information content (AvgIpc) is 3.13. The summed E-state index contributed by atoms with van der Waals surface area (Å²) in [5, 5.41) is 11.5. The third kappa shape index (κ3) is 4.84. The molecule has 37 heavy (non-hydrogen) atoms. The Kier molecular flexibility index (Phi) is 6.87. The number of hydrogen-bond acceptors (Lipinski definition) is 5. The summed E-state index contributed by atoms with van der Waals surface area (Å²) in [5.41, 5.74) is 4.67. The van der Waals surface area contributed by atoms with Gasteiger partial charge in [-0.2, -0.15) is 0 Å². The number of ether oxygens (including phenoxy) is 1. The van der Waals surface area contributed by atoms with Gasteiger partial charge in [0, 0.05) is 31.0 Å². The SMILES string of the molecule is COc1ccc(/C(O)=C2/C(=O)C(=O)N(c3ccc(N(C)C)cc3)C2c2ccc(C(C)(C)C)cc2)c(C)c1. The zero-order valence-electron chi connectivity index (χ0n) is 22.5. The number of anilines is 2. The van der Waals surface area contributed by atoms with Crippen LogP contribution in [0.15, 0.2) is 72.3 Å². The topological polar surface area (TPSA) is 70.1 Å². The molecule has 4 rings (SSSR count). The highest BCUT2D eigenvalue weighted by atomic mass is 16.5. The third-order valence-corrected chi connectivity index (χ3v) is 6.87. The molecule has 0 radical (unpaired) electrons. The van der Waals surface area contributed by atoms with Gasteiger partial charge in [-0.25, -0.2) is 0 Å². The second kappa shape index (κ2) is 9.77. The molecule has 0 aromatic heterocycles. The van der Waals surface area contributed by atoms with Gasteiger partial charge in [-0.1, -0.05) is 45.0 Å². The second-order valence-electron chi connectivity index (χ2n) is 10.6. The Hall–Kier alpha value is -4.06. The molecule has 192 valence electrons. The quantitative estimate of drug-likeness (QED) is 0.266. The van der Waals surface area contributed by atoms with Gasteiger partial charge in [0.05, 0.1) is 18.7 Å². The lowest BCUT2D eigenvalue weighted by Crippen LogP contribution is -2.29. The number of carbonyl (C=O) groups is 2. The summed E-state index contributed by atoms with van der Waals surface area (Å²) in [6, 6.07) is 19.8. The van der Waals surface area contributed by atoms with E-state index in [2.05, 4.69) is 20.8 Å². The van der Waals surface area contributed by atoms with Crippen LogP contribution in [0, 0.1) is 6.92 Å². The van der Waals surface area contributed by atoms with Crippen molar-refractivity contribution in [1.29, 1.82) is 0 Å². The lowest BCUT2D eigenvalue weighted by Gasteiger charge is -2.27. The van der Waals surface area contributed by atoms with Crippen LogP contribution in [0.1, 0.15) is 49.1 Å². The predicted molar refractivity (Wildman–Crippen MR) is 148 cm³/mol. The molecule has 1 aliphatic heterocycles. The molecule has 3 aromatic carbocycles. The second-order valence-corrected chi connectivity index (χ2v) is 10.6. The molecule has 1 N–H and O–H groups in total. The van der Waals surface area contributed by atoms with Crippen LogP contribution in [0.2, 0.25) is 0 Å². The smallest absolute Gasteiger partial charge is 0.300 e. The first-order chi connectivity index (χ1) is 17.4. The van der Waals surface area contributed by atoms with Crippen molar-refractivity contribution in [1.82, 2.24) is 0 Å². The van der Waals surface area contributed by atoms with Crippen LogP contribution >= 0.6 is 0 Å². The zero-order valence-corrected chi connectivity index (χ0v) is 22.5. The molecular weight excluding hydrogens is 464 g/mol. The minimum Gasteiger partial charge on any atom is -0.507 e. The molecule has 6 heteroatoms. The first-order valence-electron chi connectivity index (χ1n) is 12.3. The molecule has 3 aromatic rings. The fourth-order valence-corrected chi connectivity index (χ4v) is 4.66. The third-order valence-electron chi connectivity index (χ3n) is 6.87. The van der Waals surface area contributed by atoms with E-state index >= 15 is 0 Å². The van der Waals surface area contributed by atoms with Gasteiger partial charge in [0.25, 0.3) is 11.7 Å². The van der Waals surface area contributed by atoms with Gasteiger partial charge in [-0.15, -0.1) is 0 Å². The van der Waals surface area contributed by atoms with Crippen molar-refractivity contribution < 1.29 is 19.4 Å². The van der Waals surface area contributed by atoms with E-state index in [1.54, 1.807) is 25.3 Å². The van der Waals surface area contributed by atoms with E-state index in [4.69, 9.17) is 4.74 Å². The Morgan fingerprint density at radius 1 is 0.946 bits per heavy atom. The molecule has 1 amide bonds. The summed E-state index contributed by atoms with van der Waals surface area (Å²) >= 11 is 0. The van der Waals surface area contributed by atoms with Gasteiger partial charge >= 0.3 is 0 Å².